The van der Waals surface area contributed by atoms with Gasteiger partial charge in [-0.05, 0) is 37.1 Å². The van der Waals surface area contributed by atoms with Crippen molar-refractivity contribution in [3.05, 3.63) is 34.3 Å². The molecular weight excluding hydrogens is 344 g/mol. The highest BCUT2D eigenvalue weighted by Gasteiger charge is 2.49. The third kappa shape index (κ3) is 2.94. The van der Waals surface area contributed by atoms with Gasteiger partial charge in [0, 0.05) is 42.5 Å². The third-order valence-electron chi connectivity index (χ3n) is 5.07. The fraction of sp³-hybridized carbons (Fsp3) is 0.588. The molecule has 3 atom stereocenters. The molecule has 0 saturated carbocycles. The van der Waals surface area contributed by atoms with Crippen LogP contribution in [0.25, 0.3) is 0 Å². The molecule has 0 aliphatic carbocycles. The summed E-state index contributed by atoms with van der Waals surface area (Å²) in [6, 6.07) is 8.87. The van der Waals surface area contributed by atoms with Crippen molar-refractivity contribution in [3.8, 4) is 0 Å². The summed E-state index contributed by atoms with van der Waals surface area (Å²) in [4.78, 5) is 16.2. The van der Waals surface area contributed by atoms with Gasteiger partial charge in [-0.1, -0.05) is 28.1 Å². The van der Waals surface area contributed by atoms with Gasteiger partial charge in [0.1, 0.15) is 0 Å². The van der Waals surface area contributed by atoms with E-state index in [1.165, 1.54) is 5.56 Å². The van der Waals surface area contributed by atoms with Gasteiger partial charge in [0.15, 0.2) is 0 Å². The molecule has 0 spiro atoms. The van der Waals surface area contributed by atoms with Gasteiger partial charge in [0.25, 0.3) is 0 Å². The topological polar surface area (TPSA) is 43.8 Å². The van der Waals surface area contributed by atoms with Crippen LogP contribution in [0.2, 0.25) is 0 Å². The van der Waals surface area contributed by atoms with Crippen LogP contribution in [0.15, 0.2) is 28.7 Å². The van der Waals surface area contributed by atoms with Gasteiger partial charge in [-0.25, -0.2) is 0 Å². The van der Waals surface area contributed by atoms with Crippen molar-refractivity contribution < 1.29 is 9.90 Å². The van der Waals surface area contributed by atoms with E-state index in [0.717, 1.165) is 36.9 Å². The van der Waals surface area contributed by atoms with Crippen molar-refractivity contribution in [2.24, 2.45) is 0 Å². The standard InChI is InChI=1S/C17H23BrN2O2/c1-12(22)19-8-2-3-9-20-15(10-19)17(16(20)11-21)13-4-6-14(18)7-5-13/h4-7,15-17,21H,2-3,8-11H2,1H3/t15-,16+,17-/m1/s1. The molecule has 1 aromatic carbocycles. The fourth-order valence-corrected chi connectivity index (χ4v) is 4.18. The summed E-state index contributed by atoms with van der Waals surface area (Å²) in [5.74, 6) is 0.460. The molecule has 5 heteroatoms. The first kappa shape index (κ1) is 16.0. The Bertz CT molecular complexity index is 534. The summed E-state index contributed by atoms with van der Waals surface area (Å²) in [6.07, 6.45) is 2.13. The number of hydrogen-bond donors (Lipinski definition) is 1. The predicted octanol–water partition coefficient (Wildman–Crippen LogP) is 2.22. The lowest BCUT2D eigenvalue weighted by molar-refractivity contribution is -0.134. The Morgan fingerprint density at radius 1 is 1.27 bits per heavy atom. The molecule has 2 heterocycles. The van der Waals surface area contributed by atoms with Crippen LogP contribution in [-0.4, -0.2) is 59.1 Å². The van der Waals surface area contributed by atoms with Crippen molar-refractivity contribution >= 4 is 21.8 Å². The van der Waals surface area contributed by atoms with Crippen molar-refractivity contribution in [2.45, 2.75) is 37.8 Å². The number of aliphatic hydroxyl groups excluding tert-OH is 1. The first-order valence-electron chi connectivity index (χ1n) is 7.99. The Morgan fingerprint density at radius 2 is 1.95 bits per heavy atom. The molecule has 2 aliphatic heterocycles. The number of rotatable bonds is 2. The summed E-state index contributed by atoms with van der Waals surface area (Å²) in [6.45, 7) is 4.48. The number of carbonyl (C=O) groups excluding carboxylic acids is 1. The molecule has 2 aliphatic rings. The van der Waals surface area contributed by atoms with E-state index in [2.05, 4.69) is 45.1 Å². The van der Waals surface area contributed by atoms with E-state index >= 15 is 0 Å². The molecule has 0 aromatic heterocycles. The molecule has 0 unspecified atom stereocenters. The van der Waals surface area contributed by atoms with Crippen molar-refractivity contribution in [1.29, 1.82) is 0 Å². The van der Waals surface area contributed by atoms with Crippen LogP contribution >= 0.6 is 15.9 Å². The van der Waals surface area contributed by atoms with Gasteiger partial charge < -0.3 is 10.0 Å². The van der Waals surface area contributed by atoms with Crippen molar-refractivity contribution in [2.75, 3.05) is 26.2 Å². The Hall–Kier alpha value is -0.910. The normalized spacial score (nSPS) is 29.2. The zero-order chi connectivity index (χ0) is 15.7. The Morgan fingerprint density at radius 3 is 2.59 bits per heavy atom. The largest absolute Gasteiger partial charge is 0.395 e. The number of carbonyl (C=O) groups is 1. The molecule has 1 amide bonds. The highest BCUT2D eigenvalue weighted by Crippen LogP contribution is 2.42. The zero-order valence-corrected chi connectivity index (χ0v) is 14.5. The van der Waals surface area contributed by atoms with Crippen LogP contribution in [0.1, 0.15) is 31.2 Å². The lowest BCUT2D eigenvalue weighted by Gasteiger charge is -2.57. The summed E-state index contributed by atoms with van der Waals surface area (Å²) in [5, 5.41) is 9.82. The molecular formula is C17H23BrN2O2. The maximum Gasteiger partial charge on any atom is 0.219 e. The van der Waals surface area contributed by atoms with E-state index < -0.39 is 0 Å². The van der Waals surface area contributed by atoms with E-state index in [9.17, 15) is 9.90 Å². The Kier molecular flexibility index (Phi) is 4.85. The molecule has 1 aromatic rings. The van der Waals surface area contributed by atoms with E-state index in [1.54, 1.807) is 6.92 Å². The van der Waals surface area contributed by atoms with Crippen LogP contribution in [-0.2, 0) is 4.79 Å². The van der Waals surface area contributed by atoms with E-state index in [-0.39, 0.29) is 18.6 Å². The highest BCUT2D eigenvalue weighted by molar-refractivity contribution is 9.10. The van der Waals surface area contributed by atoms with Gasteiger partial charge in [-0.15, -0.1) is 0 Å². The van der Waals surface area contributed by atoms with E-state index in [4.69, 9.17) is 0 Å². The minimum atomic E-state index is 0.156. The lowest BCUT2D eigenvalue weighted by Crippen LogP contribution is -2.67. The first-order chi connectivity index (χ1) is 10.6. The quantitative estimate of drug-likeness (QED) is 0.872. The van der Waals surface area contributed by atoms with Gasteiger partial charge >= 0.3 is 0 Å². The number of aliphatic hydroxyl groups is 1. The van der Waals surface area contributed by atoms with Crippen molar-refractivity contribution in [3.63, 3.8) is 0 Å². The van der Waals surface area contributed by atoms with Crippen molar-refractivity contribution in [1.82, 2.24) is 9.80 Å². The number of nitrogens with zero attached hydrogens (tertiary/aromatic N) is 2. The van der Waals surface area contributed by atoms with Crippen LogP contribution < -0.4 is 0 Å². The minimum absolute atomic E-state index is 0.156. The Labute approximate surface area is 140 Å². The van der Waals surface area contributed by atoms with E-state index in [1.807, 2.05) is 4.90 Å². The molecule has 22 heavy (non-hydrogen) atoms. The monoisotopic (exact) mass is 366 g/mol. The summed E-state index contributed by atoms with van der Waals surface area (Å²) in [7, 11) is 0. The lowest BCUT2D eigenvalue weighted by atomic mass is 9.74. The third-order valence-corrected chi connectivity index (χ3v) is 5.60. The Balaban J connectivity index is 1.84. The van der Waals surface area contributed by atoms with E-state index in [0.29, 0.717) is 12.0 Å². The molecule has 4 nitrogen and oxygen atoms in total. The molecule has 3 rings (SSSR count). The van der Waals surface area contributed by atoms with Crippen LogP contribution in [0.4, 0.5) is 0 Å². The second-order valence-corrected chi connectivity index (χ2v) is 7.22. The highest BCUT2D eigenvalue weighted by atomic mass is 79.9. The zero-order valence-electron chi connectivity index (χ0n) is 12.9. The number of hydrogen-bond acceptors (Lipinski definition) is 3. The molecule has 120 valence electrons. The average molecular weight is 367 g/mol. The molecule has 0 radical (unpaired) electrons. The van der Waals surface area contributed by atoms with Crippen LogP contribution in [0, 0.1) is 0 Å². The SMILES string of the molecule is CC(=O)N1CCCCN2[C@H](C1)[C@@H](c1ccc(Br)cc1)[C@@H]2CO. The summed E-state index contributed by atoms with van der Waals surface area (Å²) in [5.41, 5.74) is 1.26. The second-order valence-electron chi connectivity index (χ2n) is 6.30. The number of halogens is 1. The van der Waals surface area contributed by atoms with Gasteiger partial charge in [-0.2, -0.15) is 0 Å². The number of amides is 1. The summed E-state index contributed by atoms with van der Waals surface area (Å²) >= 11 is 3.47. The van der Waals surface area contributed by atoms with Gasteiger partial charge in [-0.3, -0.25) is 9.69 Å². The molecule has 0 bridgehead atoms. The van der Waals surface area contributed by atoms with Crippen LogP contribution in [0.3, 0.4) is 0 Å². The maximum absolute atomic E-state index is 11.8. The second kappa shape index (κ2) is 6.69. The molecule has 1 N–H and O–H groups in total. The average Bonchev–Trinajstić information content (AvgIpc) is 2.47. The minimum Gasteiger partial charge on any atom is -0.395 e. The maximum atomic E-state index is 11.8. The molecule has 2 fully saturated rings. The summed E-state index contributed by atoms with van der Waals surface area (Å²) < 4.78 is 1.07. The molecule has 2 saturated heterocycles. The van der Waals surface area contributed by atoms with Crippen LogP contribution in [0.5, 0.6) is 0 Å². The smallest absolute Gasteiger partial charge is 0.219 e. The number of benzene rings is 1. The first-order valence-corrected chi connectivity index (χ1v) is 8.78. The number of fused-ring (bicyclic) bond motifs is 1. The predicted molar refractivity (Wildman–Crippen MR) is 89.7 cm³/mol. The van der Waals surface area contributed by atoms with Gasteiger partial charge in [0.2, 0.25) is 5.91 Å². The fourth-order valence-electron chi connectivity index (χ4n) is 3.91. The van der Waals surface area contributed by atoms with Gasteiger partial charge in [0.05, 0.1) is 6.61 Å².